The van der Waals surface area contributed by atoms with E-state index in [1.165, 1.54) is 12.3 Å². The molecule has 4 heteroatoms. The van der Waals surface area contributed by atoms with Crippen LogP contribution in [0.5, 0.6) is 0 Å². The molecule has 0 bridgehead atoms. The zero-order valence-electron chi connectivity index (χ0n) is 6.10. The Morgan fingerprint density at radius 2 is 2.09 bits per heavy atom. The molecule has 0 heterocycles. The molecular weight excluding hydrogens is 185 g/mol. The quantitative estimate of drug-likeness (QED) is 0.540. The Morgan fingerprint density at radius 3 is 2.45 bits per heavy atom. The summed E-state index contributed by atoms with van der Waals surface area (Å²) in [5, 5.41) is 10.8. The number of halogens is 2. The molecule has 0 fully saturated rings. The first-order valence-electron chi connectivity index (χ1n) is 2.93. The number of hydrogen-bond acceptors (Lipinski definition) is 1. The highest BCUT2D eigenvalue weighted by molar-refractivity contribution is 6.36. The van der Waals surface area contributed by atoms with E-state index in [2.05, 4.69) is 6.58 Å². The lowest BCUT2D eigenvalue weighted by atomic mass is 10.2. The summed E-state index contributed by atoms with van der Waals surface area (Å²) in [7, 11) is 0. The normalized spacial score (nSPS) is 14.4. The predicted molar refractivity (Wildman–Crippen MR) is 48.0 cm³/mol. The second kappa shape index (κ2) is 5.38. The number of quaternary nitrogens is 1. The van der Waals surface area contributed by atoms with E-state index >= 15 is 0 Å². The number of hydrogen-bond donors (Lipinski definition) is 1. The Morgan fingerprint density at radius 1 is 1.55 bits per heavy atom. The van der Waals surface area contributed by atoms with Crippen molar-refractivity contribution in [2.75, 3.05) is 0 Å². The van der Waals surface area contributed by atoms with E-state index in [0.717, 1.165) is 0 Å². The van der Waals surface area contributed by atoms with Crippen molar-refractivity contribution in [2.45, 2.75) is 6.92 Å². The summed E-state index contributed by atoms with van der Waals surface area (Å²) in [4.78, 5) is 0. The number of rotatable bonds is 3. The van der Waals surface area contributed by atoms with Crippen LogP contribution in [0.25, 0.3) is 0 Å². The summed E-state index contributed by atoms with van der Waals surface area (Å²) in [5.41, 5.74) is 1.26. The minimum absolute atomic E-state index is 0.338. The topological polar surface area (TPSA) is 39.7 Å². The second-order valence-electron chi connectivity index (χ2n) is 1.83. The highest BCUT2D eigenvalue weighted by Crippen LogP contribution is 2.19. The van der Waals surface area contributed by atoms with Crippen molar-refractivity contribution in [2.24, 2.45) is 0 Å². The molecule has 0 aromatic rings. The maximum absolute atomic E-state index is 9.98. The highest BCUT2D eigenvalue weighted by Gasteiger charge is 2.00. The smallest absolute Gasteiger partial charge is 0.112 e. The highest BCUT2D eigenvalue weighted by atomic mass is 35.5. The average Bonchev–Trinajstić information content (AvgIpc) is 2.02. The van der Waals surface area contributed by atoms with Crippen LogP contribution in [0.15, 0.2) is 34.5 Å². The predicted octanol–water partition coefficient (Wildman–Crippen LogP) is 1.83. The van der Waals surface area contributed by atoms with Gasteiger partial charge in [0.05, 0.1) is 5.03 Å². The summed E-state index contributed by atoms with van der Waals surface area (Å²) in [5.74, 6) is 0. The third-order valence-corrected chi connectivity index (χ3v) is 1.96. The van der Waals surface area contributed by atoms with E-state index in [0.29, 0.717) is 21.1 Å². The number of allylic oxidation sites excluding steroid dienone is 4. The molecule has 0 aliphatic carbocycles. The molecule has 2 N–H and O–H groups in total. The van der Waals surface area contributed by atoms with Crippen LogP contribution >= 0.6 is 23.2 Å². The maximum atomic E-state index is 9.98. The van der Waals surface area contributed by atoms with E-state index in [1.54, 1.807) is 6.92 Å². The molecule has 0 radical (unpaired) electrons. The fraction of sp³-hybridized carbons (Fsp3) is 0.143. The van der Waals surface area contributed by atoms with Gasteiger partial charge in [-0.15, -0.1) is 0 Å². The van der Waals surface area contributed by atoms with Gasteiger partial charge in [-0.3, -0.25) is 0 Å². The number of nitrogens with two attached hydrogens (primary N) is 1. The van der Waals surface area contributed by atoms with Crippen LogP contribution < -0.4 is 5.48 Å². The lowest BCUT2D eigenvalue weighted by molar-refractivity contribution is -0.515. The van der Waals surface area contributed by atoms with Crippen molar-refractivity contribution in [1.82, 2.24) is 0 Å². The van der Waals surface area contributed by atoms with E-state index in [9.17, 15) is 5.21 Å². The van der Waals surface area contributed by atoms with Gasteiger partial charge in [0.25, 0.3) is 0 Å². The third-order valence-electron chi connectivity index (χ3n) is 1.11. The van der Waals surface area contributed by atoms with Gasteiger partial charge in [0, 0.05) is 5.03 Å². The number of hydroxylamine groups is 1. The Labute approximate surface area is 75.8 Å². The molecule has 62 valence electrons. The molecule has 0 amide bonds. The fourth-order valence-electron chi connectivity index (χ4n) is 0.452. The molecule has 0 aliphatic rings. The van der Waals surface area contributed by atoms with Crippen LogP contribution in [-0.4, -0.2) is 0 Å². The minimum Gasteiger partial charge on any atom is -0.631 e. The van der Waals surface area contributed by atoms with E-state index in [4.69, 9.17) is 23.2 Å². The van der Waals surface area contributed by atoms with Crippen molar-refractivity contribution >= 4 is 23.2 Å². The zero-order valence-corrected chi connectivity index (χ0v) is 7.62. The second-order valence-corrected chi connectivity index (χ2v) is 2.64. The SMILES string of the molecule is C=C/C(Cl)=C(C)\C(Cl)=C/[NH2+][O-]. The van der Waals surface area contributed by atoms with Gasteiger partial charge in [0.1, 0.15) is 6.20 Å². The summed E-state index contributed by atoms with van der Waals surface area (Å²) in [6.07, 6.45) is 2.71. The van der Waals surface area contributed by atoms with Gasteiger partial charge < -0.3 is 10.7 Å². The molecule has 0 aliphatic heterocycles. The van der Waals surface area contributed by atoms with Gasteiger partial charge >= 0.3 is 0 Å². The summed E-state index contributed by atoms with van der Waals surface area (Å²) < 4.78 is 0. The molecule has 0 aromatic heterocycles. The van der Waals surface area contributed by atoms with E-state index in [-0.39, 0.29) is 0 Å². The first kappa shape index (κ1) is 10.7. The van der Waals surface area contributed by atoms with Crippen molar-refractivity contribution in [3.05, 3.63) is 39.7 Å². The minimum atomic E-state index is 0.338. The maximum Gasteiger partial charge on any atom is 0.112 e. The van der Waals surface area contributed by atoms with Gasteiger partial charge in [0.2, 0.25) is 0 Å². The lowest BCUT2D eigenvalue weighted by Gasteiger charge is -1.99. The molecule has 0 unspecified atom stereocenters. The molecule has 0 atom stereocenters. The van der Waals surface area contributed by atoms with Crippen molar-refractivity contribution in [3.8, 4) is 0 Å². The molecule has 0 aromatic carbocycles. The van der Waals surface area contributed by atoms with Crippen molar-refractivity contribution in [3.63, 3.8) is 0 Å². The standard InChI is InChI=1S/C7H9Cl2NO/c1-3-6(8)5(2)7(9)4-10-11/h3-4H,1,10H2,2H3/b6-5+,7-4+. The molecule has 11 heavy (non-hydrogen) atoms. The van der Waals surface area contributed by atoms with Gasteiger partial charge in [-0.05, 0) is 12.5 Å². The van der Waals surface area contributed by atoms with Crippen LogP contribution in [0.4, 0.5) is 0 Å². The van der Waals surface area contributed by atoms with Gasteiger partial charge in [-0.25, -0.2) is 0 Å². The summed E-state index contributed by atoms with van der Waals surface area (Å²) in [6, 6.07) is 0. The Kier molecular flexibility index (Phi) is 5.24. The first-order valence-corrected chi connectivity index (χ1v) is 3.69. The molecule has 0 rings (SSSR count). The molecule has 0 saturated heterocycles. The Bertz CT molecular complexity index is 208. The largest absolute Gasteiger partial charge is 0.631 e. The van der Waals surface area contributed by atoms with E-state index in [1.807, 2.05) is 0 Å². The van der Waals surface area contributed by atoms with E-state index < -0.39 is 0 Å². The monoisotopic (exact) mass is 193 g/mol. The summed E-state index contributed by atoms with van der Waals surface area (Å²) >= 11 is 11.3. The van der Waals surface area contributed by atoms with Gasteiger partial charge in [-0.1, -0.05) is 35.9 Å². The third kappa shape index (κ3) is 3.58. The first-order chi connectivity index (χ1) is 5.13. The molecule has 2 nitrogen and oxygen atoms in total. The van der Waals surface area contributed by atoms with Gasteiger partial charge in [0.15, 0.2) is 0 Å². The van der Waals surface area contributed by atoms with Crippen molar-refractivity contribution < 1.29 is 5.48 Å². The van der Waals surface area contributed by atoms with Crippen LogP contribution in [0.1, 0.15) is 6.92 Å². The Balaban J connectivity index is 4.59. The summed E-state index contributed by atoms with van der Waals surface area (Å²) in [6.45, 7) is 5.17. The molecule has 0 saturated carbocycles. The molecular formula is C7H9Cl2NO. The zero-order chi connectivity index (χ0) is 8.85. The molecule has 0 spiro atoms. The van der Waals surface area contributed by atoms with Gasteiger partial charge in [-0.2, -0.15) is 0 Å². The van der Waals surface area contributed by atoms with Crippen molar-refractivity contribution in [1.29, 1.82) is 0 Å². The van der Waals surface area contributed by atoms with Crippen LogP contribution in [0.3, 0.4) is 0 Å². The lowest BCUT2D eigenvalue weighted by Crippen LogP contribution is -2.70. The van der Waals surface area contributed by atoms with Crippen LogP contribution in [-0.2, 0) is 0 Å². The average molecular weight is 194 g/mol. The van der Waals surface area contributed by atoms with Crippen LogP contribution in [0.2, 0.25) is 0 Å². The Hall–Kier alpha value is -0.280. The van der Waals surface area contributed by atoms with Crippen LogP contribution in [0, 0.1) is 5.21 Å². The fourth-order valence-corrected chi connectivity index (χ4v) is 0.755.